The summed E-state index contributed by atoms with van der Waals surface area (Å²) in [5, 5.41) is 14.4. The number of fused-ring (bicyclic) bond motifs is 3. The second-order valence-corrected chi connectivity index (χ2v) is 8.21. The predicted octanol–water partition coefficient (Wildman–Crippen LogP) is 4.48. The molecular formula is C28H24N2O5. The summed E-state index contributed by atoms with van der Waals surface area (Å²) < 4.78 is 5.43. The van der Waals surface area contributed by atoms with Crippen LogP contribution in [0.3, 0.4) is 0 Å². The van der Waals surface area contributed by atoms with Gasteiger partial charge in [0.15, 0.2) is 0 Å². The van der Waals surface area contributed by atoms with Crippen LogP contribution in [0.5, 0.6) is 0 Å². The molecule has 0 aromatic heterocycles. The molecule has 0 bridgehead atoms. The number of hydrogen-bond donors (Lipinski definition) is 3. The Morgan fingerprint density at radius 3 is 2.23 bits per heavy atom. The normalized spacial score (nSPS) is 11.5. The van der Waals surface area contributed by atoms with E-state index >= 15 is 0 Å². The number of rotatable bonds is 5. The van der Waals surface area contributed by atoms with Crippen molar-refractivity contribution in [2.24, 2.45) is 0 Å². The van der Waals surface area contributed by atoms with Crippen LogP contribution in [0.4, 0.5) is 10.5 Å². The van der Waals surface area contributed by atoms with Crippen molar-refractivity contribution in [3.63, 3.8) is 0 Å². The van der Waals surface area contributed by atoms with Crippen LogP contribution in [0.1, 0.15) is 38.5 Å². The van der Waals surface area contributed by atoms with Gasteiger partial charge in [0.2, 0.25) is 0 Å². The number of carboxylic acid groups (broad SMARTS) is 1. The molecule has 3 aromatic rings. The summed E-state index contributed by atoms with van der Waals surface area (Å²) in [5.74, 6) is 3.22. The Bertz CT molecular complexity index is 1340. The number of carbonyl (C=O) groups excluding carboxylic acids is 2. The van der Waals surface area contributed by atoms with Crippen LogP contribution >= 0.6 is 0 Å². The molecule has 176 valence electrons. The number of anilines is 1. The molecule has 0 fully saturated rings. The molecule has 7 heteroatoms. The molecule has 4 rings (SSSR count). The fourth-order valence-corrected chi connectivity index (χ4v) is 4.21. The van der Waals surface area contributed by atoms with Gasteiger partial charge in [-0.3, -0.25) is 4.79 Å². The standard InChI is InChI=1S/C28H24N2O5/c1-17-14-19(15-24(18(17)2)27(32)33)30-26(31)12-7-13-29-28(34)35-16-25-22-10-5-3-8-20(22)21-9-4-6-11-23(21)25/h3-6,8-11,14-15,25H,13,16H2,1-2H3,(H,29,34)(H,30,31)(H,32,33). The third-order valence-corrected chi connectivity index (χ3v) is 6.02. The summed E-state index contributed by atoms with van der Waals surface area (Å²) in [5.41, 5.74) is 6.37. The lowest BCUT2D eigenvalue weighted by Crippen LogP contribution is -2.26. The average molecular weight is 469 g/mol. The highest BCUT2D eigenvalue weighted by Gasteiger charge is 2.28. The summed E-state index contributed by atoms with van der Waals surface area (Å²) >= 11 is 0. The molecule has 0 atom stereocenters. The number of amides is 2. The van der Waals surface area contributed by atoms with E-state index in [0.29, 0.717) is 11.3 Å². The van der Waals surface area contributed by atoms with Crippen LogP contribution in [0.15, 0.2) is 60.7 Å². The molecule has 3 N–H and O–H groups in total. The van der Waals surface area contributed by atoms with Gasteiger partial charge in [-0.05, 0) is 65.3 Å². The van der Waals surface area contributed by atoms with E-state index in [1.165, 1.54) is 6.07 Å². The second-order valence-electron chi connectivity index (χ2n) is 8.21. The highest BCUT2D eigenvalue weighted by Crippen LogP contribution is 2.44. The first-order valence-corrected chi connectivity index (χ1v) is 11.1. The molecule has 0 aliphatic heterocycles. The lowest BCUT2D eigenvalue weighted by Gasteiger charge is -2.14. The highest BCUT2D eigenvalue weighted by molar-refractivity contribution is 6.04. The number of benzene rings is 3. The van der Waals surface area contributed by atoms with Gasteiger partial charge in [-0.1, -0.05) is 54.5 Å². The summed E-state index contributed by atoms with van der Waals surface area (Å²) in [4.78, 5) is 35.6. The zero-order valence-electron chi connectivity index (χ0n) is 19.3. The van der Waals surface area contributed by atoms with Crippen LogP contribution in [0.2, 0.25) is 0 Å². The first-order valence-electron chi connectivity index (χ1n) is 11.1. The Hall–Kier alpha value is -4.57. The van der Waals surface area contributed by atoms with Crippen molar-refractivity contribution in [3.8, 4) is 23.0 Å². The van der Waals surface area contributed by atoms with E-state index in [2.05, 4.69) is 34.6 Å². The Labute approximate surface area is 203 Å². The Kier molecular flexibility index (Phi) is 6.83. The predicted molar refractivity (Wildman–Crippen MR) is 132 cm³/mol. The number of ether oxygens (including phenoxy) is 1. The molecule has 7 nitrogen and oxygen atoms in total. The summed E-state index contributed by atoms with van der Waals surface area (Å²) in [6.07, 6.45) is -0.623. The largest absolute Gasteiger partial charge is 0.478 e. The van der Waals surface area contributed by atoms with Gasteiger partial charge in [0.1, 0.15) is 6.61 Å². The van der Waals surface area contributed by atoms with Gasteiger partial charge in [0.05, 0.1) is 12.1 Å². The van der Waals surface area contributed by atoms with Gasteiger partial charge in [-0.25, -0.2) is 9.59 Å². The smallest absolute Gasteiger partial charge is 0.407 e. The third kappa shape index (κ3) is 5.17. The number of carboxylic acids is 1. The Morgan fingerprint density at radius 2 is 1.60 bits per heavy atom. The summed E-state index contributed by atoms with van der Waals surface area (Å²) in [7, 11) is 0. The van der Waals surface area contributed by atoms with E-state index in [9.17, 15) is 19.5 Å². The van der Waals surface area contributed by atoms with Crippen LogP contribution in [-0.4, -0.2) is 36.2 Å². The van der Waals surface area contributed by atoms with Crippen molar-refractivity contribution in [1.82, 2.24) is 5.32 Å². The molecule has 35 heavy (non-hydrogen) atoms. The van der Waals surface area contributed by atoms with Crippen LogP contribution < -0.4 is 10.6 Å². The topological polar surface area (TPSA) is 105 Å². The van der Waals surface area contributed by atoms with Crippen LogP contribution in [0, 0.1) is 25.7 Å². The average Bonchev–Trinajstić information content (AvgIpc) is 3.16. The second kappa shape index (κ2) is 10.1. The van der Waals surface area contributed by atoms with Crippen LogP contribution in [0.25, 0.3) is 11.1 Å². The van der Waals surface area contributed by atoms with E-state index in [4.69, 9.17) is 4.74 Å². The minimum Gasteiger partial charge on any atom is -0.478 e. The number of aromatic carboxylic acids is 1. The van der Waals surface area contributed by atoms with Gasteiger partial charge in [0, 0.05) is 11.6 Å². The maximum absolute atomic E-state index is 12.2. The van der Waals surface area contributed by atoms with Gasteiger partial charge in [-0.15, -0.1) is 0 Å². The maximum atomic E-state index is 12.2. The molecule has 0 radical (unpaired) electrons. The number of nitrogens with one attached hydrogen (secondary N) is 2. The Balaban J connectivity index is 1.29. The fourth-order valence-electron chi connectivity index (χ4n) is 4.21. The van der Waals surface area contributed by atoms with E-state index in [1.54, 1.807) is 19.9 Å². The quantitative estimate of drug-likeness (QED) is 0.479. The summed E-state index contributed by atoms with van der Waals surface area (Å²) in [6, 6.07) is 19.2. The van der Waals surface area contributed by atoms with Gasteiger partial charge >= 0.3 is 12.1 Å². The van der Waals surface area contributed by atoms with Gasteiger partial charge < -0.3 is 20.5 Å². The first kappa shape index (κ1) is 23.6. The van der Waals surface area contributed by atoms with Crippen molar-refractivity contribution < 1.29 is 24.2 Å². The maximum Gasteiger partial charge on any atom is 0.407 e. The van der Waals surface area contributed by atoms with E-state index in [-0.39, 0.29) is 24.6 Å². The van der Waals surface area contributed by atoms with Crippen molar-refractivity contribution in [1.29, 1.82) is 0 Å². The molecule has 0 unspecified atom stereocenters. The minimum atomic E-state index is -1.07. The molecule has 0 saturated heterocycles. The molecular weight excluding hydrogens is 444 g/mol. The van der Waals surface area contributed by atoms with Gasteiger partial charge in [0.25, 0.3) is 5.91 Å². The van der Waals surface area contributed by atoms with E-state index in [0.717, 1.165) is 27.8 Å². The number of aryl methyl sites for hydroxylation is 1. The lowest BCUT2D eigenvalue weighted by molar-refractivity contribution is -0.111. The summed E-state index contributed by atoms with van der Waals surface area (Å²) in [6.45, 7) is 3.59. The third-order valence-electron chi connectivity index (χ3n) is 6.02. The lowest BCUT2D eigenvalue weighted by atomic mass is 9.98. The Morgan fingerprint density at radius 1 is 0.971 bits per heavy atom. The molecule has 2 amide bonds. The van der Waals surface area contributed by atoms with E-state index < -0.39 is 18.0 Å². The van der Waals surface area contributed by atoms with E-state index in [1.807, 2.05) is 36.4 Å². The molecule has 1 aliphatic carbocycles. The number of carbonyl (C=O) groups is 3. The SMILES string of the molecule is Cc1cc(NC(=O)C#CCNC(=O)OCC2c3ccccc3-c3ccccc32)cc(C(=O)O)c1C. The molecule has 3 aromatic carbocycles. The number of hydrogen-bond acceptors (Lipinski definition) is 4. The molecule has 0 heterocycles. The molecule has 0 spiro atoms. The van der Waals surface area contributed by atoms with Crippen molar-refractivity contribution in [2.75, 3.05) is 18.5 Å². The molecule has 1 aliphatic rings. The fraction of sp³-hybridized carbons (Fsp3) is 0.179. The minimum absolute atomic E-state index is 0.0429. The molecule has 0 saturated carbocycles. The first-order chi connectivity index (χ1) is 16.8. The van der Waals surface area contributed by atoms with Crippen molar-refractivity contribution >= 4 is 23.7 Å². The zero-order chi connectivity index (χ0) is 24.9. The highest BCUT2D eigenvalue weighted by atomic mass is 16.5. The van der Waals surface area contributed by atoms with Gasteiger partial charge in [-0.2, -0.15) is 0 Å². The number of alkyl carbamates (subject to hydrolysis) is 1. The van der Waals surface area contributed by atoms with Crippen molar-refractivity contribution in [3.05, 3.63) is 88.5 Å². The zero-order valence-corrected chi connectivity index (χ0v) is 19.3. The van der Waals surface area contributed by atoms with Crippen molar-refractivity contribution in [2.45, 2.75) is 19.8 Å². The monoisotopic (exact) mass is 468 g/mol. The van der Waals surface area contributed by atoms with Crippen LogP contribution in [-0.2, 0) is 9.53 Å².